The van der Waals surface area contributed by atoms with Gasteiger partial charge in [0.15, 0.2) is 0 Å². The second kappa shape index (κ2) is 8.01. The summed E-state index contributed by atoms with van der Waals surface area (Å²) in [6.45, 7) is 5.23. The van der Waals surface area contributed by atoms with E-state index < -0.39 is 5.97 Å². The average Bonchev–Trinajstić information content (AvgIpc) is 2.11. The minimum atomic E-state index is -0.914. The number of rotatable bonds is 8. The zero-order chi connectivity index (χ0) is 10.1. The van der Waals surface area contributed by atoms with Gasteiger partial charge in [0.2, 0.25) is 0 Å². The first-order valence-corrected chi connectivity index (χ1v) is 4.73. The number of carboxylic acids is 1. The molecule has 78 valence electrons. The molecule has 0 spiro atoms. The third-order valence-corrected chi connectivity index (χ3v) is 1.89. The lowest BCUT2D eigenvalue weighted by Gasteiger charge is -2.13. The summed E-state index contributed by atoms with van der Waals surface area (Å²) < 4.78 is 4.87. The SMILES string of the molecule is CCC(CC)NCCOCC(=O)O. The van der Waals surface area contributed by atoms with Crippen molar-refractivity contribution in [3.05, 3.63) is 0 Å². The van der Waals surface area contributed by atoms with Gasteiger partial charge in [0.1, 0.15) is 6.61 Å². The van der Waals surface area contributed by atoms with Crippen molar-refractivity contribution in [3.8, 4) is 0 Å². The molecule has 0 bridgehead atoms. The molecule has 0 fully saturated rings. The van der Waals surface area contributed by atoms with Crippen molar-refractivity contribution in [1.29, 1.82) is 0 Å². The van der Waals surface area contributed by atoms with E-state index in [-0.39, 0.29) is 6.61 Å². The van der Waals surface area contributed by atoms with Gasteiger partial charge < -0.3 is 15.2 Å². The molecule has 0 saturated carbocycles. The predicted octanol–water partition coefficient (Wildman–Crippen LogP) is 0.866. The fourth-order valence-corrected chi connectivity index (χ4v) is 1.07. The number of hydrogen-bond donors (Lipinski definition) is 2. The highest BCUT2D eigenvalue weighted by Gasteiger charge is 2.01. The molecular formula is C9H19NO3. The molecule has 0 aliphatic rings. The van der Waals surface area contributed by atoms with Crippen LogP contribution in [-0.2, 0) is 9.53 Å². The Morgan fingerprint density at radius 2 is 2.08 bits per heavy atom. The maximum atomic E-state index is 10.1. The van der Waals surface area contributed by atoms with Crippen LogP contribution in [0.15, 0.2) is 0 Å². The molecule has 0 atom stereocenters. The molecule has 0 amide bonds. The fraction of sp³-hybridized carbons (Fsp3) is 0.889. The van der Waals surface area contributed by atoms with E-state index in [0.717, 1.165) is 19.4 Å². The van der Waals surface area contributed by atoms with Crippen LogP contribution in [0.4, 0.5) is 0 Å². The zero-order valence-corrected chi connectivity index (χ0v) is 8.38. The van der Waals surface area contributed by atoms with Gasteiger partial charge >= 0.3 is 5.97 Å². The van der Waals surface area contributed by atoms with Crippen molar-refractivity contribution < 1.29 is 14.6 Å². The van der Waals surface area contributed by atoms with Crippen molar-refractivity contribution in [2.24, 2.45) is 0 Å². The number of aliphatic carboxylic acids is 1. The van der Waals surface area contributed by atoms with Gasteiger partial charge in [-0.3, -0.25) is 0 Å². The molecule has 0 heterocycles. The predicted molar refractivity (Wildman–Crippen MR) is 50.8 cm³/mol. The molecule has 0 aromatic carbocycles. The lowest BCUT2D eigenvalue weighted by molar-refractivity contribution is -0.142. The van der Waals surface area contributed by atoms with E-state index >= 15 is 0 Å². The van der Waals surface area contributed by atoms with Gasteiger partial charge in [-0.15, -0.1) is 0 Å². The second-order valence-corrected chi connectivity index (χ2v) is 2.91. The van der Waals surface area contributed by atoms with Crippen LogP contribution in [0.3, 0.4) is 0 Å². The monoisotopic (exact) mass is 189 g/mol. The van der Waals surface area contributed by atoms with Crippen molar-refractivity contribution in [1.82, 2.24) is 5.32 Å². The Balaban J connectivity index is 3.19. The number of carboxylic acid groups (broad SMARTS) is 1. The normalized spacial score (nSPS) is 10.7. The molecule has 0 rings (SSSR count). The van der Waals surface area contributed by atoms with E-state index in [4.69, 9.17) is 9.84 Å². The van der Waals surface area contributed by atoms with Crippen LogP contribution < -0.4 is 5.32 Å². The first-order chi connectivity index (χ1) is 6.20. The number of ether oxygens (including phenoxy) is 1. The van der Waals surface area contributed by atoms with E-state index in [9.17, 15) is 4.79 Å². The van der Waals surface area contributed by atoms with E-state index in [1.807, 2.05) is 0 Å². The van der Waals surface area contributed by atoms with Gasteiger partial charge in [-0.25, -0.2) is 4.79 Å². The highest BCUT2D eigenvalue weighted by molar-refractivity contribution is 5.67. The standard InChI is InChI=1S/C9H19NO3/c1-3-8(4-2)10-5-6-13-7-9(11)12/h8,10H,3-7H2,1-2H3,(H,11,12). The van der Waals surface area contributed by atoms with E-state index in [0.29, 0.717) is 12.6 Å². The Kier molecular flexibility index (Phi) is 7.63. The Morgan fingerprint density at radius 3 is 2.54 bits per heavy atom. The maximum absolute atomic E-state index is 10.1. The lowest BCUT2D eigenvalue weighted by Crippen LogP contribution is -2.31. The maximum Gasteiger partial charge on any atom is 0.329 e. The summed E-state index contributed by atoms with van der Waals surface area (Å²) >= 11 is 0. The first kappa shape index (κ1) is 12.4. The molecule has 2 N–H and O–H groups in total. The summed E-state index contributed by atoms with van der Waals surface area (Å²) in [6, 6.07) is 0.522. The van der Waals surface area contributed by atoms with E-state index in [1.165, 1.54) is 0 Å². The van der Waals surface area contributed by atoms with E-state index in [2.05, 4.69) is 19.2 Å². The molecule has 13 heavy (non-hydrogen) atoms. The van der Waals surface area contributed by atoms with Gasteiger partial charge in [-0.05, 0) is 12.8 Å². The Labute approximate surface area is 79.3 Å². The fourth-order valence-electron chi connectivity index (χ4n) is 1.07. The third kappa shape index (κ3) is 7.74. The highest BCUT2D eigenvalue weighted by atomic mass is 16.5. The van der Waals surface area contributed by atoms with Crippen LogP contribution in [-0.4, -0.2) is 36.9 Å². The number of nitrogens with one attached hydrogen (secondary N) is 1. The number of carbonyl (C=O) groups is 1. The minimum Gasteiger partial charge on any atom is -0.480 e. The molecule has 0 aliphatic carbocycles. The smallest absolute Gasteiger partial charge is 0.329 e. The average molecular weight is 189 g/mol. The van der Waals surface area contributed by atoms with Crippen molar-refractivity contribution in [2.75, 3.05) is 19.8 Å². The summed E-state index contributed by atoms with van der Waals surface area (Å²) in [5.41, 5.74) is 0. The second-order valence-electron chi connectivity index (χ2n) is 2.91. The molecular weight excluding hydrogens is 170 g/mol. The Bertz CT molecular complexity index is 135. The van der Waals surface area contributed by atoms with Crippen LogP contribution >= 0.6 is 0 Å². The van der Waals surface area contributed by atoms with Crippen LogP contribution in [0.2, 0.25) is 0 Å². The van der Waals surface area contributed by atoms with Crippen molar-refractivity contribution in [2.45, 2.75) is 32.7 Å². The van der Waals surface area contributed by atoms with E-state index in [1.54, 1.807) is 0 Å². The van der Waals surface area contributed by atoms with Crippen LogP contribution in [0.1, 0.15) is 26.7 Å². The Morgan fingerprint density at radius 1 is 1.46 bits per heavy atom. The largest absolute Gasteiger partial charge is 0.480 e. The molecule has 0 aliphatic heterocycles. The summed E-state index contributed by atoms with van der Waals surface area (Å²) in [5, 5.41) is 11.5. The van der Waals surface area contributed by atoms with Crippen LogP contribution in [0.25, 0.3) is 0 Å². The van der Waals surface area contributed by atoms with Crippen molar-refractivity contribution in [3.63, 3.8) is 0 Å². The van der Waals surface area contributed by atoms with Crippen molar-refractivity contribution >= 4 is 5.97 Å². The van der Waals surface area contributed by atoms with Gasteiger partial charge in [0.05, 0.1) is 6.61 Å². The molecule has 0 saturated heterocycles. The molecule has 0 aromatic heterocycles. The minimum absolute atomic E-state index is 0.204. The quantitative estimate of drug-likeness (QED) is 0.556. The Hall–Kier alpha value is -0.610. The molecule has 0 unspecified atom stereocenters. The van der Waals surface area contributed by atoms with Gasteiger partial charge in [-0.2, -0.15) is 0 Å². The van der Waals surface area contributed by atoms with Gasteiger partial charge in [0.25, 0.3) is 0 Å². The summed E-state index contributed by atoms with van der Waals surface area (Å²) in [7, 11) is 0. The number of hydrogen-bond acceptors (Lipinski definition) is 3. The molecule has 4 nitrogen and oxygen atoms in total. The van der Waals surface area contributed by atoms with Gasteiger partial charge in [-0.1, -0.05) is 13.8 Å². The van der Waals surface area contributed by atoms with Gasteiger partial charge in [0, 0.05) is 12.6 Å². The topological polar surface area (TPSA) is 58.6 Å². The molecule has 0 aromatic rings. The molecule has 4 heteroatoms. The highest BCUT2D eigenvalue weighted by Crippen LogP contribution is 1.94. The van der Waals surface area contributed by atoms with Crippen LogP contribution in [0.5, 0.6) is 0 Å². The van der Waals surface area contributed by atoms with Crippen LogP contribution in [0, 0.1) is 0 Å². The lowest BCUT2D eigenvalue weighted by atomic mass is 10.2. The summed E-state index contributed by atoms with van der Waals surface area (Å²) in [4.78, 5) is 10.1. The molecule has 0 radical (unpaired) electrons. The summed E-state index contributed by atoms with van der Waals surface area (Å²) in [5.74, 6) is -0.914. The summed E-state index contributed by atoms with van der Waals surface area (Å²) in [6.07, 6.45) is 2.19. The first-order valence-electron chi connectivity index (χ1n) is 4.73. The zero-order valence-electron chi connectivity index (χ0n) is 8.38. The third-order valence-electron chi connectivity index (χ3n) is 1.89.